The molecule has 0 spiro atoms. The molecule has 1 aliphatic rings. The highest BCUT2D eigenvalue weighted by Gasteiger charge is 2.18. The molecule has 0 radical (unpaired) electrons. The molecule has 1 saturated heterocycles. The Bertz CT molecular complexity index is 490. The summed E-state index contributed by atoms with van der Waals surface area (Å²) in [7, 11) is 1.62. The number of thiol groups is 1. The lowest BCUT2D eigenvalue weighted by molar-refractivity contribution is -0.133. The molecule has 6 nitrogen and oxygen atoms in total. The molecule has 0 amide bonds. The van der Waals surface area contributed by atoms with Crippen LogP contribution in [0.5, 0.6) is 5.75 Å². The van der Waals surface area contributed by atoms with Gasteiger partial charge in [-0.25, -0.2) is 0 Å². The van der Waals surface area contributed by atoms with Crippen molar-refractivity contribution in [3.05, 3.63) is 18.2 Å². The minimum atomic E-state index is -0.288. The highest BCUT2D eigenvalue weighted by Crippen LogP contribution is 2.27. The zero-order valence-corrected chi connectivity index (χ0v) is 13.0. The topological polar surface area (TPSA) is 68.0 Å². The van der Waals surface area contributed by atoms with Crippen LogP contribution in [0, 0.1) is 0 Å². The third-order valence-corrected chi connectivity index (χ3v) is 3.89. The number of nitrogens with zero attached hydrogens (tertiary/aromatic N) is 2. The van der Waals surface area contributed by atoms with Gasteiger partial charge in [-0.05, 0) is 12.1 Å². The number of hydrogen-bond donors (Lipinski definition) is 2. The fraction of sp³-hybridized carbons (Fsp3) is 0.500. The van der Waals surface area contributed by atoms with Crippen LogP contribution in [0.4, 0.5) is 11.4 Å². The molecule has 0 aliphatic carbocycles. The van der Waals surface area contributed by atoms with Gasteiger partial charge in [0.2, 0.25) is 0 Å². The maximum Gasteiger partial charge on any atom is 0.318 e. The summed E-state index contributed by atoms with van der Waals surface area (Å²) in [5.41, 5.74) is 7.58. The quantitative estimate of drug-likeness (QED) is 0.483. The summed E-state index contributed by atoms with van der Waals surface area (Å²) in [6.45, 7) is 4.34. The summed E-state index contributed by atoms with van der Waals surface area (Å²) in [4.78, 5) is 15.6. The molecule has 0 bridgehead atoms. The second-order valence-electron chi connectivity index (χ2n) is 4.97. The van der Waals surface area contributed by atoms with Gasteiger partial charge in [0.1, 0.15) is 5.75 Å². The molecular formula is C14H21N3O3S. The van der Waals surface area contributed by atoms with Crippen LogP contribution in [0.15, 0.2) is 18.2 Å². The lowest BCUT2D eigenvalue weighted by atomic mass is 10.2. The highest BCUT2D eigenvalue weighted by atomic mass is 32.1. The Morgan fingerprint density at radius 3 is 2.67 bits per heavy atom. The van der Waals surface area contributed by atoms with E-state index >= 15 is 0 Å². The van der Waals surface area contributed by atoms with Gasteiger partial charge in [-0.15, -0.1) is 0 Å². The first-order valence-corrected chi connectivity index (χ1v) is 7.25. The van der Waals surface area contributed by atoms with Gasteiger partial charge >= 0.3 is 5.97 Å². The molecule has 1 fully saturated rings. The summed E-state index contributed by atoms with van der Waals surface area (Å²) in [5, 5.41) is 0. The first-order chi connectivity index (χ1) is 10.1. The van der Waals surface area contributed by atoms with E-state index in [1.807, 2.05) is 18.2 Å². The lowest BCUT2D eigenvalue weighted by Gasteiger charge is -2.36. The minimum Gasteiger partial charge on any atom is -0.495 e. The van der Waals surface area contributed by atoms with Gasteiger partial charge in [-0.1, -0.05) is 0 Å². The van der Waals surface area contributed by atoms with E-state index < -0.39 is 0 Å². The van der Waals surface area contributed by atoms with Crippen molar-refractivity contribution in [2.24, 2.45) is 0 Å². The molecule has 7 heteroatoms. The second-order valence-corrected chi connectivity index (χ2v) is 5.15. The first-order valence-electron chi connectivity index (χ1n) is 6.89. The van der Waals surface area contributed by atoms with E-state index in [1.165, 1.54) is 0 Å². The molecule has 0 saturated carbocycles. The van der Waals surface area contributed by atoms with Crippen molar-refractivity contribution in [1.82, 2.24) is 4.90 Å². The molecule has 1 aromatic rings. The van der Waals surface area contributed by atoms with Crippen molar-refractivity contribution >= 4 is 30.3 Å². The van der Waals surface area contributed by atoms with Gasteiger partial charge in [-0.2, -0.15) is 0 Å². The standard InChI is InChI=1S/C14H21N3O3S/c1-19-13-10-11(2-3-12(13)15)17-8-6-16(7-9-17)5-4-14(18)20-21/h2-3,10,21H,4-9,15H2,1H3. The minimum absolute atomic E-state index is 0.288. The average molecular weight is 311 g/mol. The Morgan fingerprint density at radius 2 is 2.05 bits per heavy atom. The van der Waals surface area contributed by atoms with Crippen LogP contribution in [-0.4, -0.2) is 50.7 Å². The number of nitrogen functional groups attached to an aromatic ring is 1. The average Bonchev–Trinajstić information content (AvgIpc) is 2.53. The van der Waals surface area contributed by atoms with E-state index in [1.54, 1.807) is 7.11 Å². The van der Waals surface area contributed by atoms with E-state index in [9.17, 15) is 4.79 Å². The largest absolute Gasteiger partial charge is 0.495 e. The maximum absolute atomic E-state index is 11.1. The molecule has 1 aromatic carbocycles. The molecule has 0 atom stereocenters. The van der Waals surface area contributed by atoms with Crippen LogP contribution in [0.25, 0.3) is 0 Å². The number of methoxy groups -OCH3 is 1. The van der Waals surface area contributed by atoms with Crippen molar-refractivity contribution in [1.29, 1.82) is 0 Å². The van der Waals surface area contributed by atoms with Crippen LogP contribution in [0.2, 0.25) is 0 Å². The monoisotopic (exact) mass is 311 g/mol. The van der Waals surface area contributed by atoms with Crippen molar-refractivity contribution in [2.45, 2.75) is 6.42 Å². The van der Waals surface area contributed by atoms with E-state index in [0.29, 0.717) is 24.4 Å². The van der Waals surface area contributed by atoms with Crippen LogP contribution in [0.1, 0.15) is 6.42 Å². The normalized spacial score (nSPS) is 15.8. The maximum atomic E-state index is 11.1. The van der Waals surface area contributed by atoms with Crippen LogP contribution < -0.4 is 15.4 Å². The molecule has 21 heavy (non-hydrogen) atoms. The predicted octanol–water partition coefficient (Wildman–Crippen LogP) is 1.18. The zero-order chi connectivity index (χ0) is 15.2. The van der Waals surface area contributed by atoms with Crippen LogP contribution >= 0.6 is 12.9 Å². The van der Waals surface area contributed by atoms with Gasteiger partial charge < -0.3 is 19.6 Å². The first kappa shape index (κ1) is 15.8. The number of carbonyl (C=O) groups is 1. The summed E-state index contributed by atoms with van der Waals surface area (Å²) in [6.07, 6.45) is 0.374. The van der Waals surface area contributed by atoms with Crippen molar-refractivity contribution in [2.75, 3.05) is 50.5 Å². The number of nitrogens with two attached hydrogens (primary N) is 1. The Hall–Kier alpha value is -1.60. The van der Waals surface area contributed by atoms with Crippen molar-refractivity contribution in [3.8, 4) is 5.75 Å². The molecular weight excluding hydrogens is 290 g/mol. The third kappa shape index (κ3) is 4.18. The smallest absolute Gasteiger partial charge is 0.318 e. The Morgan fingerprint density at radius 1 is 1.33 bits per heavy atom. The van der Waals surface area contributed by atoms with Gasteiger partial charge in [0, 0.05) is 57.4 Å². The van der Waals surface area contributed by atoms with Gasteiger partial charge in [0.05, 0.1) is 19.2 Å². The van der Waals surface area contributed by atoms with E-state index in [-0.39, 0.29) is 5.97 Å². The number of piperazine rings is 1. The van der Waals surface area contributed by atoms with Gasteiger partial charge in [-0.3, -0.25) is 9.69 Å². The number of hydrogen-bond acceptors (Lipinski definition) is 7. The predicted molar refractivity (Wildman–Crippen MR) is 85.8 cm³/mol. The van der Waals surface area contributed by atoms with E-state index in [4.69, 9.17) is 10.5 Å². The highest BCUT2D eigenvalue weighted by molar-refractivity contribution is 7.75. The summed E-state index contributed by atoms with van der Waals surface area (Å²) in [6, 6.07) is 5.83. The molecule has 2 rings (SSSR count). The molecule has 1 heterocycles. The number of anilines is 2. The number of ether oxygens (including phenoxy) is 1. The van der Waals surface area contributed by atoms with Gasteiger partial charge in [0.25, 0.3) is 0 Å². The fourth-order valence-electron chi connectivity index (χ4n) is 2.42. The summed E-state index contributed by atoms with van der Waals surface area (Å²) < 4.78 is 9.62. The Labute approximate surface area is 130 Å². The molecule has 0 aromatic heterocycles. The molecule has 1 aliphatic heterocycles. The van der Waals surface area contributed by atoms with Crippen molar-refractivity contribution < 1.29 is 13.7 Å². The fourth-order valence-corrected chi connectivity index (χ4v) is 2.51. The third-order valence-electron chi connectivity index (χ3n) is 3.69. The summed E-state index contributed by atoms with van der Waals surface area (Å²) >= 11 is 3.50. The molecule has 0 unspecified atom stereocenters. The number of rotatable bonds is 5. The van der Waals surface area contributed by atoms with E-state index in [0.717, 1.165) is 31.9 Å². The van der Waals surface area contributed by atoms with E-state index in [2.05, 4.69) is 26.9 Å². The molecule has 2 N–H and O–H groups in total. The summed E-state index contributed by atoms with van der Waals surface area (Å²) in [5.74, 6) is 0.412. The SMILES string of the molecule is COc1cc(N2CCN(CCC(=O)OS)CC2)ccc1N. The van der Waals surface area contributed by atoms with Gasteiger partial charge in [0.15, 0.2) is 0 Å². The van der Waals surface area contributed by atoms with Crippen LogP contribution in [0.3, 0.4) is 0 Å². The molecule has 116 valence electrons. The Kier molecular flexibility index (Phi) is 5.58. The Balaban J connectivity index is 1.87. The zero-order valence-electron chi connectivity index (χ0n) is 12.1. The number of carbonyl (C=O) groups excluding carboxylic acids is 1. The second kappa shape index (κ2) is 7.42. The lowest BCUT2D eigenvalue weighted by Crippen LogP contribution is -2.46. The van der Waals surface area contributed by atoms with Crippen LogP contribution in [-0.2, 0) is 8.98 Å². The van der Waals surface area contributed by atoms with Crippen molar-refractivity contribution in [3.63, 3.8) is 0 Å². The number of benzene rings is 1.